The summed E-state index contributed by atoms with van der Waals surface area (Å²) in [5.41, 5.74) is 5.49. The van der Waals surface area contributed by atoms with Gasteiger partial charge in [0.1, 0.15) is 6.07 Å². The summed E-state index contributed by atoms with van der Waals surface area (Å²) in [4.78, 5) is 0. The Balaban J connectivity index is 3.17. The first-order chi connectivity index (χ1) is 4.79. The third-order valence-corrected chi connectivity index (χ3v) is 1.07. The molecule has 3 N–H and O–H groups in total. The molecular weight excluding hydrogens is 132 g/mol. The average molecular weight is 138 g/mol. The van der Waals surface area contributed by atoms with Gasteiger partial charge in [-0.2, -0.15) is 5.26 Å². The van der Waals surface area contributed by atoms with Gasteiger partial charge >= 0.3 is 0 Å². The van der Waals surface area contributed by atoms with Gasteiger partial charge in [-0.05, 0) is 0 Å². The van der Waals surface area contributed by atoms with Gasteiger partial charge in [-0.15, -0.1) is 0 Å². The van der Waals surface area contributed by atoms with Crippen LogP contribution in [-0.4, -0.2) is 12.2 Å². The quantitative estimate of drug-likeness (QED) is 0.577. The lowest BCUT2D eigenvalue weighted by atomic mass is 10.3. The van der Waals surface area contributed by atoms with Crippen LogP contribution < -0.4 is 11.1 Å². The van der Waals surface area contributed by atoms with E-state index in [0.717, 1.165) is 0 Å². The Hall–Kier alpha value is -1.70. The third-order valence-electron chi connectivity index (χ3n) is 1.07. The second-order valence-corrected chi connectivity index (χ2v) is 1.63. The van der Waals surface area contributed by atoms with E-state index in [2.05, 4.69) is 15.0 Å². The molecule has 0 aromatic carbocycles. The number of nitrogen functional groups attached to an aromatic ring is 1. The number of anilines is 2. The lowest BCUT2D eigenvalue weighted by Crippen LogP contribution is -1.91. The molecule has 0 saturated carbocycles. The summed E-state index contributed by atoms with van der Waals surface area (Å²) in [6, 6.07) is 1.85. The fraction of sp³-hybridized carbons (Fsp3) is 0.200. The van der Waals surface area contributed by atoms with E-state index in [1.165, 1.54) is 0 Å². The van der Waals surface area contributed by atoms with Gasteiger partial charge in [-0.1, -0.05) is 5.16 Å². The number of hydrogen-bond acceptors (Lipinski definition) is 5. The summed E-state index contributed by atoms with van der Waals surface area (Å²) >= 11 is 0. The van der Waals surface area contributed by atoms with Crippen molar-refractivity contribution < 1.29 is 4.52 Å². The smallest absolute Gasteiger partial charge is 0.242 e. The summed E-state index contributed by atoms with van der Waals surface area (Å²) < 4.78 is 4.52. The fourth-order valence-electron chi connectivity index (χ4n) is 0.581. The van der Waals surface area contributed by atoms with Crippen molar-refractivity contribution in [3.63, 3.8) is 0 Å². The van der Waals surface area contributed by atoms with Gasteiger partial charge in [-0.25, -0.2) is 0 Å². The number of rotatable bonds is 1. The topological polar surface area (TPSA) is 87.9 Å². The van der Waals surface area contributed by atoms with E-state index in [9.17, 15) is 0 Å². The summed E-state index contributed by atoms with van der Waals surface area (Å²) in [6.45, 7) is 0. The molecule has 0 bridgehead atoms. The lowest BCUT2D eigenvalue weighted by Gasteiger charge is -1.87. The highest BCUT2D eigenvalue weighted by atomic mass is 16.5. The van der Waals surface area contributed by atoms with Crippen LogP contribution in [0.4, 0.5) is 11.7 Å². The van der Waals surface area contributed by atoms with Crippen molar-refractivity contribution in [2.75, 3.05) is 18.1 Å². The van der Waals surface area contributed by atoms with Gasteiger partial charge in [0, 0.05) is 7.05 Å². The molecule has 0 spiro atoms. The molecule has 1 heterocycles. The maximum Gasteiger partial charge on any atom is 0.242 e. The van der Waals surface area contributed by atoms with E-state index in [-0.39, 0.29) is 11.4 Å². The van der Waals surface area contributed by atoms with E-state index in [1.807, 2.05) is 6.07 Å². The second kappa shape index (κ2) is 2.27. The molecule has 1 rings (SSSR count). The van der Waals surface area contributed by atoms with Crippen LogP contribution in [0.25, 0.3) is 0 Å². The zero-order chi connectivity index (χ0) is 7.56. The van der Waals surface area contributed by atoms with Gasteiger partial charge in [0.25, 0.3) is 0 Å². The first kappa shape index (κ1) is 6.42. The predicted molar refractivity (Wildman–Crippen MR) is 35.2 cm³/mol. The zero-order valence-corrected chi connectivity index (χ0v) is 5.38. The molecule has 0 radical (unpaired) electrons. The molecule has 52 valence electrons. The molecule has 0 saturated heterocycles. The Morgan fingerprint density at radius 3 is 2.90 bits per heavy atom. The molecule has 5 nitrogen and oxygen atoms in total. The van der Waals surface area contributed by atoms with Crippen LogP contribution in [0.3, 0.4) is 0 Å². The third kappa shape index (κ3) is 0.756. The predicted octanol–water partition coefficient (Wildman–Crippen LogP) is 0.170. The van der Waals surface area contributed by atoms with E-state index < -0.39 is 0 Å². The maximum atomic E-state index is 8.45. The van der Waals surface area contributed by atoms with E-state index in [4.69, 9.17) is 11.0 Å². The second-order valence-electron chi connectivity index (χ2n) is 1.63. The van der Waals surface area contributed by atoms with Crippen LogP contribution in [0.5, 0.6) is 0 Å². The van der Waals surface area contributed by atoms with Gasteiger partial charge in [0.05, 0.1) is 0 Å². The van der Waals surface area contributed by atoms with Crippen LogP contribution in [0.15, 0.2) is 4.52 Å². The fourth-order valence-corrected chi connectivity index (χ4v) is 0.581. The average Bonchev–Trinajstić information content (AvgIpc) is 2.30. The number of hydrogen-bond donors (Lipinski definition) is 2. The summed E-state index contributed by atoms with van der Waals surface area (Å²) in [6.07, 6.45) is 0. The minimum absolute atomic E-state index is 0.0480. The van der Waals surface area contributed by atoms with E-state index >= 15 is 0 Å². The molecule has 1 aromatic rings. The summed E-state index contributed by atoms with van der Waals surface area (Å²) in [5.74, 6) is 0.423. The molecule has 0 unspecified atom stereocenters. The number of nitrogens with one attached hydrogen (secondary N) is 1. The largest absolute Gasteiger partial charge is 0.369 e. The highest BCUT2D eigenvalue weighted by Gasteiger charge is 2.10. The number of aromatic nitrogens is 1. The number of nitriles is 1. The van der Waals surface area contributed by atoms with Gasteiger partial charge < -0.3 is 15.6 Å². The van der Waals surface area contributed by atoms with Gasteiger partial charge in [-0.3, -0.25) is 0 Å². The minimum atomic E-state index is 0.0480. The molecule has 0 atom stereocenters. The van der Waals surface area contributed by atoms with Crippen molar-refractivity contribution in [3.8, 4) is 6.07 Å². The van der Waals surface area contributed by atoms with E-state index in [0.29, 0.717) is 5.82 Å². The molecule has 0 aliphatic heterocycles. The van der Waals surface area contributed by atoms with Crippen molar-refractivity contribution in [3.05, 3.63) is 5.56 Å². The molecule has 10 heavy (non-hydrogen) atoms. The first-order valence-electron chi connectivity index (χ1n) is 2.62. The molecular formula is C5H6N4O. The van der Waals surface area contributed by atoms with E-state index in [1.54, 1.807) is 7.05 Å². The highest BCUT2D eigenvalue weighted by molar-refractivity contribution is 5.60. The summed E-state index contributed by atoms with van der Waals surface area (Å²) in [7, 11) is 1.64. The van der Waals surface area contributed by atoms with Crippen LogP contribution in [0.1, 0.15) is 5.56 Å². The minimum Gasteiger partial charge on any atom is -0.369 e. The van der Waals surface area contributed by atoms with Crippen LogP contribution >= 0.6 is 0 Å². The number of nitrogens with zero attached hydrogens (tertiary/aromatic N) is 2. The Kier molecular flexibility index (Phi) is 1.46. The highest BCUT2D eigenvalue weighted by Crippen LogP contribution is 2.18. The van der Waals surface area contributed by atoms with Crippen molar-refractivity contribution in [1.29, 1.82) is 5.26 Å². The van der Waals surface area contributed by atoms with Crippen LogP contribution in [0.2, 0.25) is 0 Å². The van der Waals surface area contributed by atoms with Crippen LogP contribution in [-0.2, 0) is 0 Å². The molecule has 5 heteroatoms. The van der Waals surface area contributed by atoms with Crippen molar-refractivity contribution >= 4 is 11.7 Å². The van der Waals surface area contributed by atoms with Crippen molar-refractivity contribution in [2.45, 2.75) is 0 Å². The van der Waals surface area contributed by atoms with Crippen LogP contribution in [0, 0.1) is 11.3 Å². The molecule has 0 aliphatic carbocycles. The molecule has 1 aromatic heterocycles. The standard InChI is InChI=1S/C5H6N4O/c1-8-5-3(2-6)4(7)10-9-5/h7H2,1H3,(H,8,9). The first-order valence-corrected chi connectivity index (χ1v) is 2.62. The molecule has 0 aliphatic rings. The summed E-state index contributed by atoms with van der Waals surface area (Å²) in [5, 5.41) is 14.6. The van der Waals surface area contributed by atoms with Gasteiger partial charge in [0.2, 0.25) is 5.88 Å². The Morgan fingerprint density at radius 1 is 1.80 bits per heavy atom. The normalized spacial score (nSPS) is 8.80. The van der Waals surface area contributed by atoms with Crippen molar-refractivity contribution in [1.82, 2.24) is 5.16 Å². The molecule has 0 amide bonds. The number of nitrogens with two attached hydrogens (primary N) is 1. The maximum absolute atomic E-state index is 8.45. The van der Waals surface area contributed by atoms with Crippen molar-refractivity contribution in [2.24, 2.45) is 0 Å². The Bertz CT molecular complexity index is 272. The Morgan fingerprint density at radius 2 is 2.50 bits per heavy atom. The molecule has 0 fully saturated rings. The lowest BCUT2D eigenvalue weighted by molar-refractivity contribution is 0.439. The zero-order valence-electron chi connectivity index (χ0n) is 5.38. The SMILES string of the molecule is CNc1noc(N)c1C#N. The monoisotopic (exact) mass is 138 g/mol. The Labute approximate surface area is 57.4 Å². The van der Waals surface area contributed by atoms with Gasteiger partial charge in [0.15, 0.2) is 11.4 Å².